The number of nitrogens with zero attached hydrogens (tertiary/aromatic N) is 6. The monoisotopic (exact) mass is 2200 g/mol. The molecule has 756 valence electrons. The van der Waals surface area contributed by atoms with E-state index >= 15 is 17.6 Å². The van der Waals surface area contributed by atoms with E-state index in [9.17, 15) is 156 Å². The highest BCUT2D eigenvalue weighted by Gasteiger charge is 2.64. The van der Waals surface area contributed by atoms with Gasteiger partial charge < -0.3 is 118 Å². The molecule has 134 heavy (non-hydrogen) atoms. The van der Waals surface area contributed by atoms with Crippen LogP contribution in [0.5, 0.6) is 0 Å². The molecule has 0 radical (unpaired) electrons. The van der Waals surface area contributed by atoms with E-state index in [4.69, 9.17) is 78.3 Å². The molecule has 4 aliphatic heterocycles. The van der Waals surface area contributed by atoms with E-state index in [0.717, 1.165) is 19.1 Å². The van der Waals surface area contributed by atoms with Crippen LogP contribution < -0.4 is 45.0 Å². The Bertz CT molecular complexity index is 6630. The summed E-state index contributed by atoms with van der Waals surface area (Å²) in [4.78, 5) is 243. The summed E-state index contributed by atoms with van der Waals surface area (Å²) in [5, 5.41) is 47.9. The topological polar surface area (TPSA) is 1000 Å². The third kappa shape index (κ3) is 34.0. The summed E-state index contributed by atoms with van der Waals surface area (Å²) in [6, 6.07) is 1.63. The van der Waals surface area contributed by atoms with Crippen LogP contribution in [0.25, 0.3) is 0 Å². The van der Waals surface area contributed by atoms with E-state index in [0.29, 0.717) is 21.5 Å². The molecule has 4 aliphatic rings. The number of halogens is 8. The lowest BCUT2D eigenvalue weighted by molar-refractivity contribution is -0.0603. The lowest BCUT2D eigenvalue weighted by Crippen LogP contribution is -2.46. The van der Waals surface area contributed by atoms with Gasteiger partial charge in [0.1, 0.15) is 87.9 Å². The Hall–Kier alpha value is -6.42. The molecule has 12 unspecified atom stereocenters. The Kier molecular flexibility index (Phi) is 37.7. The summed E-state index contributed by atoms with van der Waals surface area (Å²) in [6.45, 7) is -13.8. The van der Waals surface area contributed by atoms with E-state index in [2.05, 4.69) is 62.8 Å². The summed E-state index contributed by atoms with van der Waals surface area (Å²) in [5.74, 6) is 13.1. The molecule has 86 heteroatoms. The molecule has 0 bridgehead atoms. The molecule has 24 atom stereocenters. The van der Waals surface area contributed by atoms with Crippen LogP contribution in [0.1, 0.15) is 41.8 Å². The second-order valence-electron chi connectivity index (χ2n) is 24.5. The fraction of sp³-hybridized carbons (Fsp3) is 0.542. The van der Waals surface area contributed by atoms with Gasteiger partial charge in [-0.15, -0.1) is 0 Å². The van der Waals surface area contributed by atoms with Crippen LogP contribution in [-0.2, 0) is 126 Å². The van der Waals surface area contributed by atoms with Crippen molar-refractivity contribution in [2.75, 3.05) is 53.0 Å². The van der Waals surface area contributed by atoms with Crippen LogP contribution >= 0.6 is 93.9 Å². The number of aryl methyl sites for hydroxylation is 2. The van der Waals surface area contributed by atoms with Crippen LogP contribution in [0.4, 0.5) is 35.1 Å². The zero-order valence-electron chi connectivity index (χ0n) is 68.2. The van der Waals surface area contributed by atoms with Crippen molar-refractivity contribution in [3.63, 3.8) is 0 Å². The molecule has 4 aromatic rings. The van der Waals surface area contributed by atoms with Crippen molar-refractivity contribution in [2.24, 2.45) is 0 Å². The summed E-state index contributed by atoms with van der Waals surface area (Å²) in [5.41, 5.74) is -23.3. The summed E-state index contributed by atoms with van der Waals surface area (Å²) in [7, 11) is -70.4. The van der Waals surface area contributed by atoms with E-state index in [-0.39, 0.29) is 20.8 Å². The minimum atomic E-state index is -6.17. The van der Waals surface area contributed by atoms with Gasteiger partial charge in [0.2, 0.25) is 35.1 Å². The van der Waals surface area contributed by atoms with Gasteiger partial charge in [-0.1, -0.05) is 47.4 Å². The quantitative estimate of drug-likeness (QED) is 0.0123. The molecule has 0 spiro atoms. The molecule has 4 saturated heterocycles. The van der Waals surface area contributed by atoms with Crippen LogP contribution in [0, 0.1) is 61.2 Å². The maximum Gasteiger partial charge on any atom is 0.490 e. The Balaban J connectivity index is 0.000000325. The number of aromatic amines is 4. The van der Waals surface area contributed by atoms with Crippen molar-refractivity contribution in [2.45, 2.75) is 110 Å². The third-order valence-corrected chi connectivity index (χ3v) is 29.7. The number of alkyl halides is 8. The predicted octanol–water partition coefficient (Wildman–Crippen LogP) is -5.32. The van der Waals surface area contributed by atoms with Crippen molar-refractivity contribution in [1.29, 1.82) is 0 Å². The van der Waals surface area contributed by atoms with Gasteiger partial charge in [-0.3, -0.25) is 66.3 Å². The number of aliphatic hydroxyl groups is 4. The molecule has 66 nitrogen and oxygen atoms in total. The number of hydrogen-bond donors (Lipinski definition) is 24. The van der Waals surface area contributed by atoms with Crippen molar-refractivity contribution >= 4 is 93.9 Å². The first-order valence-electron chi connectivity index (χ1n) is 34.9. The largest absolute Gasteiger partial charge is 0.490 e. The minimum absolute atomic E-state index is 0.0262. The highest BCUT2D eigenvalue weighted by molar-refractivity contribution is 7.68. The van der Waals surface area contributed by atoms with Gasteiger partial charge in [0.15, 0.2) is 12.5 Å². The first kappa shape index (κ1) is 111. The van der Waals surface area contributed by atoms with Gasteiger partial charge in [-0.2, -0.15) is 54.0 Å². The van der Waals surface area contributed by atoms with Crippen molar-refractivity contribution in [1.82, 2.24) is 48.6 Å². The fourth-order valence-corrected chi connectivity index (χ4v) is 22.0. The highest BCUT2D eigenvalue weighted by Crippen LogP contribution is 2.70. The number of hydrogen-bond acceptors (Lipinski definition) is 42. The molecular formula is C48H62F8N10O56P12. The smallest absolute Gasteiger partial charge is 0.386 e. The van der Waals surface area contributed by atoms with E-state index in [1.807, 2.05) is 4.98 Å². The maximum atomic E-state index is 15.8. The zero-order valence-corrected chi connectivity index (χ0v) is 74.9. The van der Waals surface area contributed by atoms with Crippen molar-refractivity contribution < 1.29 is 266 Å². The van der Waals surface area contributed by atoms with Gasteiger partial charge in [-0.05, 0) is 13.8 Å². The number of aliphatic hydroxyl groups excluding tert-OH is 4. The van der Waals surface area contributed by atoms with E-state index < -0.39 is 288 Å². The first-order chi connectivity index (χ1) is 62.3. The first-order valence-corrected chi connectivity index (χ1v) is 51.0. The number of phosphoric acid groups is 12. The average molecular weight is 2200 g/mol. The summed E-state index contributed by atoms with van der Waals surface area (Å²) in [6.07, 6.45) is -28.2. The average Bonchev–Trinajstić information content (AvgIpc) is 1.59. The predicted molar refractivity (Wildman–Crippen MR) is 400 cm³/mol. The van der Waals surface area contributed by atoms with E-state index in [1.54, 1.807) is 62.3 Å². The molecule has 0 aliphatic carbocycles. The third-order valence-electron chi connectivity index (χ3n) is 14.7. The minimum Gasteiger partial charge on any atom is -0.386 e. The Morgan fingerprint density at radius 2 is 0.582 bits per heavy atom. The van der Waals surface area contributed by atoms with Crippen LogP contribution in [0.15, 0.2) is 62.9 Å². The zero-order chi connectivity index (χ0) is 106. The van der Waals surface area contributed by atoms with Crippen molar-refractivity contribution in [3.8, 4) is 47.4 Å². The number of nitrogens with one attached hydrogen (secondary N) is 4. The molecule has 0 saturated carbocycles. The molecule has 24 N–H and O–H groups in total. The molecule has 8 heterocycles. The molecule has 4 aromatic heterocycles. The maximum absolute atomic E-state index is 15.8. The normalized spacial score (nSPS) is 29.4. The highest BCUT2D eigenvalue weighted by atomic mass is 31.3. The van der Waals surface area contributed by atoms with Crippen LogP contribution in [0.3, 0.4) is 0 Å². The van der Waals surface area contributed by atoms with Gasteiger partial charge in [0.25, 0.3) is 22.2 Å². The lowest BCUT2D eigenvalue weighted by Gasteiger charge is -2.25. The Morgan fingerprint density at radius 1 is 0.358 bits per heavy atom. The number of rotatable bonds is 32. The van der Waals surface area contributed by atoms with E-state index in [1.165, 1.54) is 6.92 Å². The molecular weight excluding hydrogens is 2140 g/mol. The summed E-state index contributed by atoms with van der Waals surface area (Å²) < 4.78 is 345. The molecule has 4 fully saturated rings. The Labute approximate surface area is 736 Å². The fourth-order valence-electron chi connectivity index (χ4n) is 10.2. The number of H-pyrrole nitrogens is 4. The lowest BCUT2D eigenvalue weighted by atomic mass is 9.96. The molecule has 8 rings (SSSR count). The second-order valence-corrected chi connectivity index (χ2v) is 42.0. The van der Waals surface area contributed by atoms with Crippen LogP contribution in [-0.4, -0.2) is 272 Å². The second kappa shape index (κ2) is 45.4. The Morgan fingerprint density at radius 3 is 0.828 bits per heavy atom. The van der Waals surface area contributed by atoms with Gasteiger partial charge in [0, 0.05) is 23.5 Å². The van der Waals surface area contributed by atoms with Crippen LogP contribution in [0.2, 0.25) is 0 Å². The molecule has 0 aromatic carbocycles. The van der Waals surface area contributed by atoms with Gasteiger partial charge in [-0.25, -0.2) is 109 Å². The van der Waals surface area contributed by atoms with Crippen molar-refractivity contribution in [3.05, 3.63) is 119 Å². The van der Waals surface area contributed by atoms with Gasteiger partial charge in [0.05, 0.1) is 31.8 Å². The van der Waals surface area contributed by atoms with Gasteiger partial charge >= 0.3 is 117 Å². The summed E-state index contributed by atoms with van der Waals surface area (Å²) >= 11 is 0. The number of phosphoric ester groups is 4. The number of ether oxygens (including phenoxy) is 4. The SMILES string of the molecule is Cc1cc(=O)[nH]c(=O)n1[C@@H]1O[C@H](COP(=O)(O)OP(=O)(O)OP(=O)(O)O)[C@H](O)C1(F)C#CCF.O=c1cnn([C@@H]2O[C@H](COP(=O)(O)OP(=O)(O)OP(=O)(O)O)[C@H](O)C2(F)C#CCF)c(=O)[nH]1.[2H]C([2H])(OP(=O)(O)OP(=O)(O)OP(=O)(O)O)[C@H]1O[C@@H](n2c(C)cc(=O)[nH]c2=O)C(F)(C#CCF)[C@H]1O.[2H]C([2H])(OP(=O)(O)OP(=O)(O)OP(=O)(O)O)[C@H]1O[C@@H](n2ncc(=O)[nH]c2=O)C(F)(C#CCF)[C@H]1O. The standard InChI is InChI=1S/2C13H17F2N2O14P3.2C11H14F2N3O14P3/c2*1-7-5-9(18)16-12(20)17(7)11-13(15,3-2-4-14)10(19)8(29-11)6-28-33(24,25)31-34(26,27)30-32(21,22)23;2*12-3-1-2-11(13)8(18)6(28-9(11)16-10(19)15-7(17)4-14-16)5-27-32(23,24)30-33(25,26)29-31(20,21)22/h2*5,8,10-11,19H,4,6H2,1H3,(H,24,25)(H,26,27)(H,16,18,20)(H2,21,22,23);2*4,6,8-9,18H,3,5H2,(H,23,24)(H,25,26)(H,15,17,19)(H2,20,21,22)/t2*8-,10+,11-,13?;2*6-,8+,9-,11?/m1111/s1/i6D2;;5D2;. The molecule has 0 amide bonds. The number of aromatic nitrogens is 10.